The van der Waals surface area contributed by atoms with Gasteiger partial charge < -0.3 is 25.2 Å². The number of fused-ring (bicyclic) bond motifs is 5. The first-order valence-corrected chi connectivity index (χ1v) is 13.0. The lowest BCUT2D eigenvalue weighted by atomic mass is 9.45. The Bertz CT molecular complexity index is 988. The Morgan fingerprint density at radius 2 is 1.86 bits per heavy atom. The number of allylic oxidation sites excluding steroid dienone is 1. The highest BCUT2D eigenvalue weighted by molar-refractivity contribution is 5.95. The third-order valence-electron chi connectivity index (χ3n) is 10.0. The molecule has 4 rings (SSSR count). The van der Waals surface area contributed by atoms with Crippen LogP contribution in [0.25, 0.3) is 0 Å². The van der Waals surface area contributed by atoms with Gasteiger partial charge in [-0.15, -0.1) is 0 Å². The molecule has 0 bridgehead atoms. The van der Waals surface area contributed by atoms with Crippen LogP contribution in [-0.2, 0) is 23.9 Å². The van der Waals surface area contributed by atoms with Gasteiger partial charge in [-0.25, -0.2) is 0 Å². The van der Waals surface area contributed by atoms with Crippen molar-refractivity contribution >= 4 is 23.5 Å². The highest BCUT2D eigenvalue weighted by atomic mass is 16.6. The number of aliphatic carboxylic acids is 1. The number of carbonyl (C=O) groups is 4. The summed E-state index contributed by atoms with van der Waals surface area (Å²) < 4.78 is 5.90. The van der Waals surface area contributed by atoms with Crippen molar-refractivity contribution in [3.63, 3.8) is 0 Å². The maximum absolute atomic E-state index is 13.6. The second-order valence-corrected chi connectivity index (χ2v) is 11.9. The van der Waals surface area contributed by atoms with Gasteiger partial charge in [0.1, 0.15) is 6.10 Å². The maximum Gasteiger partial charge on any atom is 0.310 e. The Balaban J connectivity index is 1.73. The Kier molecular flexibility index (Phi) is 6.98. The smallest absolute Gasteiger partial charge is 0.310 e. The average Bonchev–Trinajstić information content (AvgIpc) is 3.09. The highest BCUT2D eigenvalue weighted by Crippen LogP contribution is 2.68. The maximum atomic E-state index is 13.6. The summed E-state index contributed by atoms with van der Waals surface area (Å²) in [5, 5.41) is 40.7. The third-order valence-corrected chi connectivity index (χ3v) is 10.0. The first-order chi connectivity index (χ1) is 16.8. The highest BCUT2D eigenvalue weighted by Gasteiger charge is 2.71. The molecule has 0 spiro atoms. The van der Waals surface area contributed by atoms with E-state index < -0.39 is 59.9 Å². The van der Waals surface area contributed by atoms with Gasteiger partial charge in [0.2, 0.25) is 5.78 Å². The summed E-state index contributed by atoms with van der Waals surface area (Å²) in [6.45, 7) is 4.51. The molecule has 36 heavy (non-hydrogen) atoms. The lowest BCUT2D eigenvalue weighted by Gasteiger charge is -2.60. The Morgan fingerprint density at radius 3 is 2.50 bits per heavy atom. The molecule has 9 nitrogen and oxygen atoms in total. The van der Waals surface area contributed by atoms with Crippen LogP contribution in [0, 0.1) is 34.5 Å². The van der Waals surface area contributed by atoms with E-state index in [9.17, 15) is 34.5 Å². The van der Waals surface area contributed by atoms with Crippen molar-refractivity contribution in [2.45, 2.75) is 89.9 Å². The zero-order valence-corrected chi connectivity index (χ0v) is 21.2. The predicted molar refractivity (Wildman–Crippen MR) is 126 cm³/mol. The molecule has 0 saturated heterocycles. The summed E-state index contributed by atoms with van der Waals surface area (Å²) in [5.74, 6) is -3.91. The number of hydrogen-bond acceptors (Lipinski definition) is 8. The quantitative estimate of drug-likeness (QED) is 0.378. The van der Waals surface area contributed by atoms with Crippen molar-refractivity contribution in [3.8, 4) is 0 Å². The van der Waals surface area contributed by atoms with E-state index in [1.165, 1.54) is 6.92 Å². The minimum Gasteiger partial charge on any atom is -0.481 e. The van der Waals surface area contributed by atoms with E-state index >= 15 is 0 Å². The fourth-order valence-corrected chi connectivity index (χ4v) is 8.27. The minimum absolute atomic E-state index is 0.0187. The van der Waals surface area contributed by atoms with E-state index in [0.29, 0.717) is 19.3 Å². The molecule has 0 aromatic heterocycles. The number of Topliss-reactive ketones (excluding diaryl/α,β-unsaturated/α-hetero) is 1. The van der Waals surface area contributed by atoms with E-state index in [2.05, 4.69) is 6.92 Å². The molecular formula is C27H38O9. The summed E-state index contributed by atoms with van der Waals surface area (Å²) in [7, 11) is 0. The van der Waals surface area contributed by atoms with Gasteiger partial charge in [-0.2, -0.15) is 0 Å². The molecule has 3 fully saturated rings. The second-order valence-electron chi connectivity index (χ2n) is 11.9. The predicted octanol–water partition coefficient (Wildman–Crippen LogP) is 1.80. The number of esters is 1. The van der Waals surface area contributed by atoms with Gasteiger partial charge in [-0.1, -0.05) is 26.3 Å². The topological polar surface area (TPSA) is 158 Å². The molecular weight excluding hydrogens is 468 g/mol. The lowest BCUT2D eigenvalue weighted by Crippen LogP contribution is -2.64. The molecule has 0 amide bonds. The number of carboxylic acid groups (broad SMARTS) is 1. The fourth-order valence-electron chi connectivity index (χ4n) is 8.27. The van der Waals surface area contributed by atoms with E-state index in [4.69, 9.17) is 9.84 Å². The Hall–Kier alpha value is -2.10. The van der Waals surface area contributed by atoms with Crippen LogP contribution in [0.2, 0.25) is 0 Å². The fraction of sp³-hybridized carbons (Fsp3) is 0.778. The molecule has 3 saturated carbocycles. The second kappa shape index (κ2) is 9.33. The lowest BCUT2D eigenvalue weighted by molar-refractivity contribution is -0.207. The van der Waals surface area contributed by atoms with Gasteiger partial charge in [-0.3, -0.25) is 19.2 Å². The number of aliphatic hydroxyl groups is 3. The Morgan fingerprint density at radius 1 is 1.17 bits per heavy atom. The molecule has 9 heteroatoms. The van der Waals surface area contributed by atoms with E-state index in [0.717, 1.165) is 18.4 Å². The molecule has 0 heterocycles. The number of aliphatic hydroxyl groups excluding tert-OH is 3. The summed E-state index contributed by atoms with van der Waals surface area (Å²) in [5.41, 5.74) is -2.05. The molecule has 2 unspecified atom stereocenters. The number of hydrogen-bond donors (Lipinski definition) is 4. The zero-order chi connectivity index (χ0) is 26.6. The molecule has 0 radical (unpaired) electrons. The molecule has 9 atom stereocenters. The van der Waals surface area contributed by atoms with Crippen LogP contribution in [-0.4, -0.2) is 68.3 Å². The van der Waals surface area contributed by atoms with Crippen molar-refractivity contribution in [1.82, 2.24) is 0 Å². The van der Waals surface area contributed by atoms with E-state index in [1.807, 2.05) is 6.92 Å². The first-order valence-electron chi connectivity index (χ1n) is 13.0. The standard InChI is InChI=1S/C27H38O9/c1-14(10-21(32)33)24(35)36-27(23(34)20(31)13-28)9-7-18-17-5-4-15-11-16(29)6-8-25(15,2)22(17)19(30)12-26(18,27)3/h11,14,17-20,22,28,30-31H,4-10,12-13H2,1-3H3,(H,32,33)/t14?,17-,18-,19-,20?,22+,25-,26-,27-/m0/s1. The average molecular weight is 507 g/mol. The first kappa shape index (κ1) is 26.9. The van der Waals surface area contributed by atoms with E-state index in [1.54, 1.807) is 6.08 Å². The van der Waals surface area contributed by atoms with Crippen molar-refractivity contribution < 1.29 is 44.3 Å². The molecule has 0 aromatic rings. The monoisotopic (exact) mass is 506 g/mol. The molecule has 4 aliphatic carbocycles. The summed E-state index contributed by atoms with van der Waals surface area (Å²) >= 11 is 0. The summed E-state index contributed by atoms with van der Waals surface area (Å²) in [6.07, 6.45) is 2.04. The number of ether oxygens (including phenoxy) is 1. The molecule has 0 aromatic carbocycles. The van der Waals surface area contributed by atoms with Crippen molar-refractivity contribution in [2.24, 2.45) is 34.5 Å². The van der Waals surface area contributed by atoms with Gasteiger partial charge in [0.15, 0.2) is 11.4 Å². The third kappa shape index (κ3) is 3.94. The number of carbonyl (C=O) groups excluding carboxylic acids is 3. The Labute approximate surface area is 210 Å². The van der Waals surface area contributed by atoms with Crippen LogP contribution in [0.1, 0.15) is 72.1 Å². The molecule has 200 valence electrons. The van der Waals surface area contributed by atoms with Gasteiger partial charge in [0.05, 0.1) is 25.0 Å². The van der Waals surface area contributed by atoms with Gasteiger partial charge in [0.25, 0.3) is 0 Å². The summed E-state index contributed by atoms with van der Waals surface area (Å²) in [6, 6.07) is 0. The van der Waals surface area contributed by atoms with Crippen LogP contribution in [0.5, 0.6) is 0 Å². The minimum atomic E-state index is -1.78. The van der Waals surface area contributed by atoms with Gasteiger partial charge >= 0.3 is 11.9 Å². The van der Waals surface area contributed by atoms with Crippen LogP contribution in [0.4, 0.5) is 0 Å². The largest absolute Gasteiger partial charge is 0.481 e. The van der Waals surface area contributed by atoms with Crippen LogP contribution >= 0.6 is 0 Å². The summed E-state index contributed by atoms with van der Waals surface area (Å²) in [4.78, 5) is 49.9. The zero-order valence-electron chi connectivity index (χ0n) is 21.2. The van der Waals surface area contributed by atoms with Crippen LogP contribution < -0.4 is 0 Å². The SMILES string of the molecule is CC(CC(=O)O)C(=O)O[C@]1(C(=O)C(O)CO)CC[C@H]2[C@@H]3CCC4=CC(=O)CC[C@]4(C)[C@H]3[C@@H](O)C[C@@]21C. The number of carboxylic acids is 1. The molecule has 0 aliphatic heterocycles. The van der Waals surface area contributed by atoms with Crippen molar-refractivity contribution in [2.75, 3.05) is 6.61 Å². The molecule has 4 aliphatic rings. The van der Waals surface area contributed by atoms with Crippen LogP contribution in [0.15, 0.2) is 11.6 Å². The van der Waals surface area contributed by atoms with Crippen molar-refractivity contribution in [3.05, 3.63) is 11.6 Å². The van der Waals surface area contributed by atoms with Gasteiger partial charge in [0, 0.05) is 11.8 Å². The molecule has 4 N–H and O–H groups in total. The van der Waals surface area contributed by atoms with Crippen molar-refractivity contribution in [1.29, 1.82) is 0 Å². The van der Waals surface area contributed by atoms with Crippen LogP contribution in [0.3, 0.4) is 0 Å². The number of rotatable bonds is 7. The normalized spacial score (nSPS) is 41.3. The number of ketones is 2. The van der Waals surface area contributed by atoms with Gasteiger partial charge in [-0.05, 0) is 67.8 Å². The van der Waals surface area contributed by atoms with E-state index in [-0.39, 0.29) is 41.8 Å².